The van der Waals surface area contributed by atoms with E-state index >= 15 is 0 Å². The molecule has 0 aromatic carbocycles. The molecule has 3 N–H and O–H groups in total. The summed E-state index contributed by atoms with van der Waals surface area (Å²) in [6.45, 7) is 2.99. The zero-order valence-corrected chi connectivity index (χ0v) is 11.3. The summed E-state index contributed by atoms with van der Waals surface area (Å²) in [4.78, 5) is 15.9. The second-order valence-corrected chi connectivity index (χ2v) is 4.94. The summed E-state index contributed by atoms with van der Waals surface area (Å²) < 4.78 is 0. The van der Waals surface area contributed by atoms with Gasteiger partial charge in [-0.3, -0.25) is 0 Å². The van der Waals surface area contributed by atoms with Crippen molar-refractivity contribution < 1.29 is 5.11 Å². The summed E-state index contributed by atoms with van der Waals surface area (Å²) in [5.41, 5.74) is 1.50. The number of hydrogen-bond acceptors (Lipinski definition) is 6. The van der Waals surface area contributed by atoms with Gasteiger partial charge in [-0.05, 0) is 18.6 Å². The highest BCUT2D eigenvalue weighted by molar-refractivity contribution is 7.98. The number of hydrogen-bond donors (Lipinski definition) is 3. The molecular formula is C11H17N5OS. The third kappa shape index (κ3) is 2.91. The van der Waals surface area contributed by atoms with Crippen LogP contribution in [0, 0.1) is 5.92 Å². The second-order valence-electron chi connectivity index (χ2n) is 4.16. The molecule has 18 heavy (non-hydrogen) atoms. The molecule has 0 amide bonds. The Morgan fingerprint density at radius 3 is 3.06 bits per heavy atom. The zero-order chi connectivity index (χ0) is 13.0. The van der Waals surface area contributed by atoms with E-state index in [2.05, 4.69) is 25.3 Å². The van der Waals surface area contributed by atoms with Crippen molar-refractivity contribution in [3.05, 3.63) is 6.33 Å². The summed E-state index contributed by atoms with van der Waals surface area (Å²) in [6.07, 6.45) is 4.45. The molecule has 1 unspecified atom stereocenters. The Labute approximate surface area is 110 Å². The molecule has 0 radical (unpaired) electrons. The van der Waals surface area contributed by atoms with Gasteiger partial charge in [0.25, 0.3) is 0 Å². The highest BCUT2D eigenvalue weighted by Gasteiger charge is 2.09. The number of imidazole rings is 1. The lowest BCUT2D eigenvalue weighted by atomic mass is 10.1. The van der Waals surface area contributed by atoms with Crippen LogP contribution in [0.5, 0.6) is 0 Å². The lowest BCUT2D eigenvalue weighted by Gasteiger charge is -2.10. The molecule has 2 rings (SSSR count). The molecule has 6 nitrogen and oxygen atoms in total. The minimum atomic E-state index is 0.209. The molecule has 2 aromatic rings. The largest absolute Gasteiger partial charge is 0.396 e. The van der Waals surface area contributed by atoms with Crippen molar-refractivity contribution in [1.29, 1.82) is 0 Å². The first-order chi connectivity index (χ1) is 8.74. The summed E-state index contributed by atoms with van der Waals surface area (Å²) in [6, 6.07) is 0. The molecule has 0 spiro atoms. The zero-order valence-electron chi connectivity index (χ0n) is 10.5. The van der Waals surface area contributed by atoms with E-state index < -0.39 is 0 Å². The Morgan fingerprint density at radius 2 is 2.33 bits per heavy atom. The highest BCUT2D eigenvalue weighted by Crippen LogP contribution is 2.20. The van der Waals surface area contributed by atoms with Crippen LogP contribution in [0.2, 0.25) is 0 Å². The van der Waals surface area contributed by atoms with Crippen LogP contribution in [0.15, 0.2) is 11.5 Å². The number of fused-ring (bicyclic) bond motifs is 1. The molecule has 2 aromatic heterocycles. The van der Waals surface area contributed by atoms with Gasteiger partial charge in [-0.25, -0.2) is 15.0 Å². The Morgan fingerprint density at radius 1 is 1.50 bits per heavy atom. The summed E-state index contributed by atoms with van der Waals surface area (Å²) in [5, 5.41) is 12.9. The molecule has 7 heteroatoms. The molecule has 0 aliphatic carbocycles. The maximum absolute atomic E-state index is 8.98. The van der Waals surface area contributed by atoms with Crippen LogP contribution >= 0.6 is 11.8 Å². The maximum Gasteiger partial charge on any atom is 0.191 e. The van der Waals surface area contributed by atoms with E-state index in [-0.39, 0.29) is 12.5 Å². The fourth-order valence-corrected chi connectivity index (χ4v) is 1.92. The number of aromatic nitrogens is 4. The first-order valence-electron chi connectivity index (χ1n) is 5.84. The number of thioether (sulfide) groups is 1. The number of aliphatic hydroxyl groups is 1. The Balaban J connectivity index is 2.13. The van der Waals surface area contributed by atoms with Gasteiger partial charge in [-0.15, -0.1) is 0 Å². The van der Waals surface area contributed by atoms with Crippen molar-refractivity contribution in [1.82, 2.24) is 19.9 Å². The second kappa shape index (κ2) is 6.01. The van der Waals surface area contributed by atoms with Gasteiger partial charge in [-0.2, -0.15) is 0 Å². The monoisotopic (exact) mass is 267 g/mol. The molecule has 1 atom stereocenters. The van der Waals surface area contributed by atoms with Crippen molar-refractivity contribution in [2.75, 3.05) is 24.7 Å². The molecule has 0 fully saturated rings. The lowest BCUT2D eigenvalue weighted by Crippen LogP contribution is -2.11. The smallest absolute Gasteiger partial charge is 0.191 e. The Bertz CT molecular complexity index is 515. The van der Waals surface area contributed by atoms with E-state index in [1.165, 1.54) is 11.8 Å². The number of H-pyrrole nitrogens is 1. The molecule has 0 aliphatic rings. The molecule has 2 heterocycles. The average Bonchev–Trinajstić information content (AvgIpc) is 2.86. The fourth-order valence-electron chi connectivity index (χ4n) is 1.56. The number of aromatic amines is 1. The number of anilines is 1. The van der Waals surface area contributed by atoms with Crippen LogP contribution < -0.4 is 5.32 Å². The quantitative estimate of drug-likeness (QED) is 0.543. The SMILES string of the molecule is CSc1nc(NCCC(C)CO)c2[nH]cnc2n1. The first kappa shape index (κ1) is 13.1. The average molecular weight is 267 g/mol. The van der Waals surface area contributed by atoms with Crippen LogP contribution in [0.3, 0.4) is 0 Å². The lowest BCUT2D eigenvalue weighted by molar-refractivity contribution is 0.233. The van der Waals surface area contributed by atoms with Crippen LogP contribution in [0.1, 0.15) is 13.3 Å². The van der Waals surface area contributed by atoms with Crippen LogP contribution in [0.4, 0.5) is 5.82 Å². The van der Waals surface area contributed by atoms with Gasteiger partial charge < -0.3 is 15.4 Å². The van der Waals surface area contributed by atoms with Gasteiger partial charge in [0, 0.05) is 13.2 Å². The minimum Gasteiger partial charge on any atom is -0.396 e. The summed E-state index contributed by atoms with van der Waals surface area (Å²) in [7, 11) is 0. The van der Waals surface area contributed by atoms with Gasteiger partial charge in [0.05, 0.1) is 6.33 Å². The van der Waals surface area contributed by atoms with Gasteiger partial charge in [-0.1, -0.05) is 18.7 Å². The minimum absolute atomic E-state index is 0.209. The Kier molecular flexibility index (Phi) is 4.38. The number of aliphatic hydroxyl groups excluding tert-OH is 1. The van der Waals surface area contributed by atoms with Gasteiger partial charge in [0.1, 0.15) is 5.52 Å². The van der Waals surface area contributed by atoms with Crippen LogP contribution in [-0.4, -0.2) is 44.4 Å². The van der Waals surface area contributed by atoms with E-state index in [1.54, 1.807) is 6.33 Å². The van der Waals surface area contributed by atoms with E-state index in [9.17, 15) is 0 Å². The van der Waals surface area contributed by atoms with E-state index in [1.807, 2.05) is 13.2 Å². The summed E-state index contributed by atoms with van der Waals surface area (Å²) >= 11 is 1.49. The van der Waals surface area contributed by atoms with E-state index in [4.69, 9.17) is 5.11 Å². The number of nitrogens with one attached hydrogen (secondary N) is 2. The molecule has 0 aliphatic heterocycles. The van der Waals surface area contributed by atoms with Crippen LogP contribution in [0.25, 0.3) is 11.2 Å². The van der Waals surface area contributed by atoms with Crippen molar-refractivity contribution in [3.8, 4) is 0 Å². The Hall–Kier alpha value is -1.34. The molecule has 98 valence electrons. The maximum atomic E-state index is 8.98. The third-order valence-corrected chi connectivity index (χ3v) is 3.24. The van der Waals surface area contributed by atoms with Crippen LogP contribution in [-0.2, 0) is 0 Å². The fraction of sp³-hybridized carbons (Fsp3) is 0.545. The third-order valence-electron chi connectivity index (χ3n) is 2.69. The van der Waals surface area contributed by atoms with Gasteiger partial charge in [0.15, 0.2) is 16.6 Å². The summed E-state index contributed by atoms with van der Waals surface area (Å²) in [5.74, 6) is 1.06. The van der Waals surface area contributed by atoms with E-state index in [0.29, 0.717) is 10.8 Å². The predicted molar refractivity (Wildman–Crippen MR) is 72.8 cm³/mol. The van der Waals surface area contributed by atoms with Crippen molar-refractivity contribution >= 4 is 28.7 Å². The van der Waals surface area contributed by atoms with E-state index in [0.717, 1.165) is 24.3 Å². The van der Waals surface area contributed by atoms with Gasteiger partial charge in [0.2, 0.25) is 0 Å². The molecule has 0 bridgehead atoms. The van der Waals surface area contributed by atoms with Crippen molar-refractivity contribution in [2.45, 2.75) is 18.5 Å². The molecule has 0 saturated heterocycles. The van der Waals surface area contributed by atoms with Gasteiger partial charge >= 0.3 is 0 Å². The molecular weight excluding hydrogens is 250 g/mol. The number of nitrogens with zero attached hydrogens (tertiary/aromatic N) is 3. The molecule has 0 saturated carbocycles. The predicted octanol–water partition coefficient (Wildman–Crippen LogP) is 1.51. The normalized spacial score (nSPS) is 12.8. The van der Waals surface area contributed by atoms with Crippen molar-refractivity contribution in [3.63, 3.8) is 0 Å². The highest BCUT2D eigenvalue weighted by atomic mass is 32.2. The topological polar surface area (TPSA) is 86.7 Å². The standard InChI is InChI=1S/C11H17N5OS/c1-7(5-17)3-4-12-9-8-10(14-6-13-8)16-11(15-9)18-2/h6-7,17H,3-5H2,1-2H3,(H2,12,13,14,15,16). The van der Waals surface area contributed by atoms with Crippen molar-refractivity contribution in [2.24, 2.45) is 5.92 Å². The number of rotatable bonds is 6. The first-order valence-corrected chi connectivity index (χ1v) is 7.07.